The van der Waals surface area contributed by atoms with Gasteiger partial charge in [0.25, 0.3) is 5.91 Å². The van der Waals surface area contributed by atoms with E-state index in [-0.39, 0.29) is 5.91 Å². The number of nitrogens with zero attached hydrogens (tertiary/aromatic N) is 2. The van der Waals surface area contributed by atoms with Gasteiger partial charge in [0.2, 0.25) is 0 Å². The second-order valence-corrected chi connectivity index (χ2v) is 7.17. The maximum atomic E-state index is 12.5. The van der Waals surface area contributed by atoms with Gasteiger partial charge in [0.05, 0.1) is 5.56 Å². The number of rotatable bonds is 9. The third kappa shape index (κ3) is 5.98. The number of carbonyl (C=O) groups is 1. The molecule has 0 radical (unpaired) electrons. The molecule has 0 aliphatic rings. The first-order valence-corrected chi connectivity index (χ1v) is 9.81. The highest BCUT2D eigenvalue weighted by molar-refractivity contribution is 6.04. The molecular formula is C22H32N4O. The van der Waals surface area contributed by atoms with Gasteiger partial charge in [-0.25, -0.2) is 4.98 Å². The molecule has 1 aromatic carbocycles. The highest BCUT2D eigenvalue weighted by Gasteiger charge is 2.10. The molecule has 27 heavy (non-hydrogen) atoms. The summed E-state index contributed by atoms with van der Waals surface area (Å²) in [4.78, 5) is 19.2. The molecule has 0 bridgehead atoms. The van der Waals surface area contributed by atoms with Crippen molar-refractivity contribution in [3.8, 4) is 0 Å². The number of amides is 1. The summed E-state index contributed by atoms with van der Waals surface area (Å²) >= 11 is 0. The fraction of sp³-hybridized carbons (Fsp3) is 0.455. The molecule has 1 aromatic heterocycles. The van der Waals surface area contributed by atoms with E-state index in [9.17, 15) is 4.79 Å². The third-order valence-electron chi connectivity index (χ3n) is 4.64. The molecule has 0 saturated heterocycles. The van der Waals surface area contributed by atoms with Crippen molar-refractivity contribution in [3.05, 3.63) is 47.7 Å². The van der Waals surface area contributed by atoms with Crippen LogP contribution in [-0.2, 0) is 0 Å². The summed E-state index contributed by atoms with van der Waals surface area (Å²) in [5.74, 6) is 1.31. The summed E-state index contributed by atoms with van der Waals surface area (Å²) in [5, 5.41) is 6.27. The average molecular weight is 369 g/mol. The van der Waals surface area contributed by atoms with Gasteiger partial charge in [-0.1, -0.05) is 13.8 Å². The average Bonchev–Trinajstić information content (AvgIpc) is 2.65. The van der Waals surface area contributed by atoms with Gasteiger partial charge in [0, 0.05) is 37.2 Å². The van der Waals surface area contributed by atoms with Crippen LogP contribution in [0.5, 0.6) is 0 Å². The summed E-state index contributed by atoms with van der Waals surface area (Å²) in [5.41, 5.74) is 3.60. The van der Waals surface area contributed by atoms with Crippen LogP contribution in [0.25, 0.3) is 0 Å². The lowest BCUT2D eigenvalue weighted by Gasteiger charge is -2.22. The van der Waals surface area contributed by atoms with E-state index in [1.165, 1.54) is 5.69 Å². The standard InChI is InChI=1S/C22H32N4O/c1-6-26(7-2)19-9-10-20(17(5)14-19)25-22(27)18-8-11-21(24-15-18)23-13-12-16(3)4/h8-11,14-16H,6-7,12-13H2,1-5H3,(H,23,24)(H,25,27). The number of benzene rings is 1. The van der Waals surface area contributed by atoms with Crippen LogP contribution >= 0.6 is 0 Å². The van der Waals surface area contributed by atoms with Gasteiger partial charge in [-0.3, -0.25) is 4.79 Å². The number of pyridine rings is 1. The van der Waals surface area contributed by atoms with Crippen molar-refractivity contribution in [2.45, 2.75) is 41.0 Å². The lowest BCUT2D eigenvalue weighted by Crippen LogP contribution is -2.22. The number of aryl methyl sites for hydroxylation is 1. The Balaban J connectivity index is 2.00. The highest BCUT2D eigenvalue weighted by Crippen LogP contribution is 2.23. The quantitative estimate of drug-likeness (QED) is 0.658. The van der Waals surface area contributed by atoms with Gasteiger partial charge in [-0.05, 0) is 69.0 Å². The van der Waals surface area contributed by atoms with Crippen molar-refractivity contribution in [2.75, 3.05) is 35.2 Å². The molecule has 2 aromatic rings. The Kier molecular flexibility index (Phi) is 7.65. The van der Waals surface area contributed by atoms with E-state index >= 15 is 0 Å². The Bertz CT molecular complexity index is 736. The molecule has 0 saturated carbocycles. The van der Waals surface area contributed by atoms with E-state index in [1.54, 1.807) is 12.3 Å². The summed E-state index contributed by atoms with van der Waals surface area (Å²) in [7, 11) is 0. The Morgan fingerprint density at radius 3 is 2.44 bits per heavy atom. The topological polar surface area (TPSA) is 57.3 Å². The number of hydrogen-bond acceptors (Lipinski definition) is 4. The van der Waals surface area contributed by atoms with E-state index in [1.807, 2.05) is 19.1 Å². The van der Waals surface area contributed by atoms with Gasteiger partial charge in [-0.2, -0.15) is 0 Å². The summed E-state index contributed by atoms with van der Waals surface area (Å²) in [6, 6.07) is 9.79. The molecule has 1 amide bonds. The number of nitrogens with one attached hydrogen (secondary N) is 2. The molecular weight excluding hydrogens is 336 g/mol. The molecule has 146 valence electrons. The number of hydrogen-bond donors (Lipinski definition) is 2. The van der Waals surface area contributed by atoms with Crippen LogP contribution < -0.4 is 15.5 Å². The van der Waals surface area contributed by atoms with Crippen molar-refractivity contribution in [3.63, 3.8) is 0 Å². The zero-order valence-corrected chi connectivity index (χ0v) is 17.2. The smallest absolute Gasteiger partial charge is 0.257 e. The molecule has 0 spiro atoms. The van der Waals surface area contributed by atoms with Crippen LogP contribution in [-0.4, -0.2) is 30.5 Å². The normalized spacial score (nSPS) is 10.7. The zero-order chi connectivity index (χ0) is 19.8. The summed E-state index contributed by atoms with van der Waals surface area (Å²) < 4.78 is 0. The molecule has 0 unspecified atom stereocenters. The largest absolute Gasteiger partial charge is 0.372 e. The third-order valence-corrected chi connectivity index (χ3v) is 4.64. The van der Waals surface area contributed by atoms with Crippen molar-refractivity contribution in [1.29, 1.82) is 0 Å². The highest BCUT2D eigenvalue weighted by atomic mass is 16.1. The minimum absolute atomic E-state index is 0.144. The summed E-state index contributed by atoms with van der Waals surface area (Å²) in [6.07, 6.45) is 2.71. The van der Waals surface area contributed by atoms with Crippen LogP contribution in [0.4, 0.5) is 17.2 Å². The number of carbonyl (C=O) groups excluding carboxylic acids is 1. The van der Waals surface area contributed by atoms with Crippen LogP contribution in [0.1, 0.15) is 50.0 Å². The Morgan fingerprint density at radius 2 is 1.89 bits per heavy atom. The minimum atomic E-state index is -0.144. The fourth-order valence-electron chi connectivity index (χ4n) is 2.89. The van der Waals surface area contributed by atoms with Crippen molar-refractivity contribution in [2.24, 2.45) is 5.92 Å². The molecule has 0 aliphatic heterocycles. The van der Waals surface area contributed by atoms with Crippen LogP contribution in [0, 0.1) is 12.8 Å². The lowest BCUT2D eigenvalue weighted by molar-refractivity contribution is 0.102. The van der Waals surface area contributed by atoms with Gasteiger partial charge in [0.15, 0.2) is 0 Å². The number of aromatic nitrogens is 1. The van der Waals surface area contributed by atoms with E-state index in [0.717, 1.165) is 43.1 Å². The first-order chi connectivity index (χ1) is 12.9. The van der Waals surface area contributed by atoms with Crippen LogP contribution in [0.3, 0.4) is 0 Å². The van der Waals surface area contributed by atoms with Crippen molar-refractivity contribution < 1.29 is 4.79 Å². The molecule has 1 heterocycles. The molecule has 0 atom stereocenters. The van der Waals surface area contributed by atoms with Gasteiger partial charge < -0.3 is 15.5 Å². The predicted molar refractivity (Wildman–Crippen MR) is 115 cm³/mol. The lowest BCUT2D eigenvalue weighted by atomic mass is 10.1. The maximum absolute atomic E-state index is 12.5. The van der Waals surface area contributed by atoms with E-state index in [2.05, 4.69) is 60.3 Å². The van der Waals surface area contributed by atoms with E-state index in [0.29, 0.717) is 11.5 Å². The fourth-order valence-corrected chi connectivity index (χ4v) is 2.89. The Hall–Kier alpha value is -2.56. The van der Waals surface area contributed by atoms with E-state index in [4.69, 9.17) is 0 Å². The molecule has 0 fully saturated rings. The van der Waals surface area contributed by atoms with Crippen LogP contribution in [0.15, 0.2) is 36.5 Å². The van der Waals surface area contributed by atoms with Crippen molar-refractivity contribution in [1.82, 2.24) is 4.98 Å². The molecule has 0 aliphatic carbocycles. The van der Waals surface area contributed by atoms with Crippen LogP contribution in [0.2, 0.25) is 0 Å². The Morgan fingerprint density at radius 1 is 1.15 bits per heavy atom. The molecule has 5 nitrogen and oxygen atoms in total. The van der Waals surface area contributed by atoms with E-state index < -0.39 is 0 Å². The Labute approximate surface area is 163 Å². The first-order valence-electron chi connectivity index (χ1n) is 9.81. The zero-order valence-electron chi connectivity index (χ0n) is 17.2. The van der Waals surface area contributed by atoms with Gasteiger partial charge in [-0.15, -0.1) is 0 Å². The van der Waals surface area contributed by atoms with Crippen molar-refractivity contribution >= 4 is 23.1 Å². The monoisotopic (exact) mass is 368 g/mol. The maximum Gasteiger partial charge on any atom is 0.257 e. The molecule has 2 N–H and O–H groups in total. The second-order valence-electron chi connectivity index (χ2n) is 7.17. The molecule has 2 rings (SSSR count). The SMILES string of the molecule is CCN(CC)c1ccc(NC(=O)c2ccc(NCCC(C)C)nc2)c(C)c1. The van der Waals surface area contributed by atoms with Gasteiger partial charge >= 0.3 is 0 Å². The minimum Gasteiger partial charge on any atom is -0.372 e. The summed E-state index contributed by atoms with van der Waals surface area (Å²) in [6.45, 7) is 13.5. The predicted octanol–water partition coefficient (Wildman–Crippen LogP) is 4.95. The number of anilines is 3. The first kappa shape index (κ1) is 20.7. The second kappa shape index (κ2) is 9.95. The van der Waals surface area contributed by atoms with Gasteiger partial charge in [0.1, 0.15) is 5.82 Å². The molecule has 5 heteroatoms.